The Bertz CT molecular complexity index is 1730. The summed E-state index contributed by atoms with van der Waals surface area (Å²) >= 11 is 0. The van der Waals surface area contributed by atoms with Crippen molar-refractivity contribution in [3.05, 3.63) is 122 Å². The van der Waals surface area contributed by atoms with Gasteiger partial charge < -0.3 is 19.8 Å². The van der Waals surface area contributed by atoms with Crippen molar-refractivity contribution in [1.29, 1.82) is 0 Å². The van der Waals surface area contributed by atoms with Gasteiger partial charge in [0.15, 0.2) is 0 Å². The second-order valence-corrected chi connectivity index (χ2v) is 24.9. The van der Waals surface area contributed by atoms with E-state index in [1.54, 1.807) is 6.08 Å². The molecule has 0 heterocycles. The summed E-state index contributed by atoms with van der Waals surface area (Å²) < 4.78 is 23.8. The minimum absolute atomic E-state index is 0.0483. The van der Waals surface area contributed by atoms with E-state index in [0.717, 1.165) is 103 Å². The second-order valence-electron chi connectivity index (χ2n) is 23.5. The number of carbonyl (C=O) groups excluding carboxylic acids is 1. The highest BCUT2D eigenvalue weighted by Gasteiger charge is 2.27. The normalized spacial score (nSPS) is 14.5. The molecule has 0 fully saturated rings. The van der Waals surface area contributed by atoms with Gasteiger partial charge in [-0.1, -0.05) is 302 Å². The predicted octanol–water partition coefficient (Wildman–Crippen LogP) is 21.3. The lowest BCUT2D eigenvalue weighted by molar-refractivity contribution is -0.870. The number of phosphoric ester groups is 1. The molecule has 0 aromatic carbocycles. The van der Waals surface area contributed by atoms with Crippen LogP contribution in [0.15, 0.2) is 122 Å². The molecule has 3 N–H and O–H groups in total. The number of rotatable bonds is 60. The molecule has 0 aliphatic heterocycles. The van der Waals surface area contributed by atoms with E-state index in [1.807, 2.05) is 27.2 Å². The number of quaternary nitrogens is 1. The Balaban J connectivity index is 4.24. The molecule has 466 valence electrons. The molecule has 3 atom stereocenters. The van der Waals surface area contributed by atoms with E-state index >= 15 is 0 Å². The van der Waals surface area contributed by atoms with Crippen molar-refractivity contribution in [3.8, 4) is 0 Å². The first-order valence-electron chi connectivity index (χ1n) is 33.4. The molecule has 0 saturated heterocycles. The number of phosphoric acid groups is 1. The highest BCUT2D eigenvalue weighted by atomic mass is 31.2. The van der Waals surface area contributed by atoms with Gasteiger partial charge in [-0.25, -0.2) is 4.57 Å². The molecule has 81 heavy (non-hydrogen) atoms. The summed E-state index contributed by atoms with van der Waals surface area (Å²) in [5.41, 5.74) is 0. The fraction of sp³-hybridized carbons (Fsp3) is 0.708. The van der Waals surface area contributed by atoms with Gasteiger partial charge in [-0.2, -0.15) is 0 Å². The van der Waals surface area contributed by atoms with Crippen LogP contribution < -0.4 is 5.32 Å². The zero-order valence-electron chi connectivity index (χ0n) is 53.2. The van der Waals surface area contributed by atoms with Gasteiger partial charge in [-0.15, -0.1) is 0 Å². The van der Waals surface area contributed by atoms with E-state index in [-0.39, 0.29) is 19.1 Å². The van der Waals surface area contributed by atoms with Crippen LogP contribution in [0.5, 0.6) is 0 Å². The molecule has 0 aliphatic carbocycles. The molecular weight excluding hydrogens is 1020 g/mol. The summed E-state index contributed by atoms with van der Waals surface area (Å²) in [6, 6.07) is -0.876. The van der Waals surface area contributed by atoms with Crippen molar-refractivity contribution in [3.63, 3.8) is 0 Å². The zero-order chi connectivity index (χ0) is 59.1. The molecular formula is C72H128N2O6P+. The third-order valence-electron chi connectivity index (χ3n) is 14.4. The number of nitrogens with one attached hydrogen (secondary N) is 1. The quantitative estimate of drug-likeness (QED) is 0.0243. The third kappa shape index (κ3) is 64.3. The highest BCUT2D eigenvalue weighted by molar-refractivity contribution is 7.47. The largest absolute Gasteiger partial charge is 0.472 e. The van der Waals surface area contributed by atoms with E-state index in [9.17, 15) is 19.4 Å². The number of carbonyl (C=O) groups is 1. The van der Waals surface area contributed by atoms with Gasteiger partial charge >= 0.3 is 7.82 Å². The first kappa shape index (κ1) is 77.9. The Morgan fingerprint density at radius 3 is 1.09 bits per heavy atom. The van der Waals surface area contributed by atoms with Gasteiger partial charge in [0, 0.05) is 6.42 Å². The molecule has 0 aromatic rings. The van der Waals surface area contributed by atoms with E-state index < -0.39 is 20.0 Å². The third-order valence-corrected chi connectivity index (χ3v) is 15.4. The summed E-state index contributed by atoms with van der Waals surface area (Å²) in [4.78, 5) is 23.4. The first-order valence-corrected chi connectivity index (χ1v) is 34.9. The van der Waals surface area contributed by atoms with Crippen LogP contribution in [0.25, 0.3) is 0 Å². The summed E-state index contributed by atoms with van der Waals surface area (Å²) in [7, 11) is 1.54. The van der Waals surface area contributed by atoms with Crippen LogP contribution in [0.4, 0.5) is 0 Å². The standard InChI is InChI=1S/C72H127N2O6P/c1-6-8-10-12-14-16-18-20-22-24-26-28-30-32-34-36-37-38-40-42-44-46-48-50-52-54-56-58-60-62-64-66-72(76)73-70(69-80-81(77,78)79-68-67-74(3,4)5)71(75)65-63-61-59-57-55-53-51-49-47-45-43-41-39-35-33-31-29-27-25-23-21-19-17-15-13-11-9-7-2/h8,10,14,16,20,22,26,28,32,34,37-38,42,44,48,50,54,56,63,65,70-71,75H,6-7,9,11-13,15,17-19,21,23-25,27,29-31,33,35-36,39-41,43,45-47,49,51-53,55,57-62,64,66-69H2,1-5H3,(H-,73,76,77,78)/p+1/b10-8-,16-14-,22-20-,28-26-,34-32-,38-37-,44-42-,50-48-,56-54-,65-63+. The second kappa shape index (κ2) is 61.5. The maximum Gasteiger partial charge on any atom is 0.472 e. The summed E-state index contributed by atoms with van der Waals surface area (Å²) in [6.07, 6.45) is 91.9. The van der Waals surface area contributed by atoms with Crippen LogP contribution in [0.3, 0.4) is 0 Å². The van der Waals surface area contributed by atoms with Crippen LogP contribution in [0.2, 0.25) is 0 Å². The molecule has 1 amide bonds. The van der Waals surface area contributed by atoms with E-state index in [0.29, 0.717) is 17.4 Å². The topological polar surface area (TPSA) is 105 Å². The number of aliphatic hydroxyl groups excluding tert-OH is 1. The Morgan fingerprint density at radius 2 is 0.741 bits per heavy atom. The van der Waals surface area contributed by atoms with Gasteiger partial charge in [-0.3, -0.25) is 13.8 Å². The molecule has 0 spiro atoms. The Hall–Kier alpha value is -3.10. The van der Waals surface area contributed by atoms with E-state index in [1.165, 1.54) is 154 Å². The van der Waals surface area contributed by atoms with Crippen LogP contribution >= 0.6 is 7.82 Å². The molecule has 0 bridgehead atoms. The van der Waals surface area contributed by atoms with Gasteiger partial charge in [0.25, 0.3) is 0 Å². The lowest BCUT2D eigenvalue weighted by Gasteiger charge is -2.25. The zero-order valence-corrected chi connectivity index (χ0v) is 54.1. The van der Waals surface area contributed by atoms with Crippen molar-refractivity contribution in [2.75, 3.05) is 40.9 Å². The number of amides is 1. The Labute approximate surface area is 501 Å². The van der Waals surface area contributed by atoms with Crippen LogP contribution in [0.1, 0.15) is 277 Å². The smallest absolute Gasteiger partial charge is 0.387 e. The summed E-state index contributed by atoms with van der Waals surface area (Å²) in [6.45, 7) is 4.69. The van der Waals surface area contributed by atoms with Crippen molar-refractivity contribution in [1.82, 2.24) is 5.32 Å². The number of allylic oxidation sites excluding steroid dienone is 19. The van der Waals surface area contributed by atoms with Gasteiger partial charge in [0.05, 0.1) is 39.9 Å². The number of aliphatic hydroxyl groups is 1. The average molecular weight is 1150 g/mol. The van der Waals surface area contributed by atoms with Crippen LogP contribution in [0, 0.1) is 0 Å². The molecule has 0 radical (unpaired) electrons. The Kier molecular flexibility index (Phi) is 59.1. The monoisotopic (exact) mass is 1150 g/mol. The lowest BCUT2D eigenvalue weighted by atomic mass is 10.0. The number of nitrogens with zero attached hydrogens (tertiary/aromatic N) is 1. The van der Waals surface area contributed by atoms with Crippen LogP contribution in [-0.4, -0.2) is 73.4 Å². The van der Waals surface area contributed by atoms with Crippen molar-refractivity contribution in [2.24, 2.45) is 0 Å². The fourth-order valence-corrected chi connectivity index (χ4v) is 10.0. The Morgan fingerprint density at radius 1 is 0.432 bits per heavy atom. The van der Waals surface area contributed by atoms with Gasteiger partial charge in [-0.05, 0) is 89.9 Å². The molecule has 0 aliphatic rings. The number of hydrogen-bond donors (Lipinski definition) is 3. The first-order chi connectivity index (χ1) is 39.5. The average Bonchev–Trinajstić information content (AvgIpc) is 3.43. The van der Waals surface area contributed by atoms with Crippen LogP contribution in [-0.2, 0) is 18.4 Å². The van der Waals surface area contributed by atoms with Gasteiger partial charge in [0.1, 0.15) is 13.2 Å². The molecule has 9 heteroatoms. The molecule has 0 aromatic heterocycles. The highest BCUT2D eigenvalue weighted by Crippen LogP contribution is 2.43. The fourth-order valence-electron chi connectivity index (χ4n) is 9.27. The molecule has 3 unspecified atom stereocenters. The SMILES string of the molecule is CC/C=C\C/C=C\C/C=C\C/C=C\C/C=C\C/C=C\C/C=C\C/C=C\C/C=C\CCCCCC(=O)NC(COP(=O)(O)OCC[N+](C)(C)C)C(O)/C=C/CCCCCCCCCCCCCCCCCCCCCCCCCCCC. The maximum atomic E-state index is 13.0. The van der Waals surface area contributed by atoms with Crippen molar-refractivity contribution in [2.45, 2.75) is 289 Å². The minimum Gasteiger partial charge on any atom is -0.387 e. The summed E-state index contributed by atoms with van der Waals surface area (Å²) in [5, 5.41) is 14.0. The molecule has 0 saturated carbocycles. The number of likely N-dealkylation sites (N-methyl/N-ethyl adjacent to an activating group) is 1. The predicted molar refractivity (Wildman–Crippen MR) is 355 cm³/mol. The van der Waals surface area contributed by atoms with Crippen molar-refractivity contribution < 1.29 is 32.9 Å². The minimum atomic E-state index is -4.37. The van der Waals surface area contributed by atoms with Gasteiger partial charge in [0.2, 0.25) is 5.91 Å². The molecule has 8 nitrogen and oxygen atoms in total. The summed E-state index contributed by atoms with van der Waals surface area (Å²) in [5.74, 6) is -0.211. The number of unbranched alkanes of at least 4 members (excludes halogenated alkanes) is 29. The molecule has 0 rings (SSSR count). The lowest BCUT2D eigenvalue weighted by Crippen LogP contribution is -2.45. The number of hydrogen-bond acceptors (Lipinski definition) is 5. The van der Waals surface area contributed by atoms with E-state index in [4.69, 9.17) is 9.05 Å². The van der Waals surface area contributed by atoms with Crippen molar-refractivity contribution >= 4 is 13.7 Å². The van der Waals surface area contributed by atoms with E-state index in [2.05, 4.69) is 129 Å². The maximum absolute atomic E-state index is 13.0.